The van der Waals surface area contributed by atoms with Gasteiger partial charge in [0, 0.05) is 18.7 Å². The Kier molecular flexibility index (Phi) is 6.05. The van der Waals surface area contributed by atoms with Gasteiger partial charge in [-0.3, -0.25) is 9.69 Å². The van der Waals surface area contributed by atoms with Gasteiger partial charge in [0.05, 0.1) is 18.3 Å². The summed E-state index contributed by atoms with van der Waals surface area (Å²) >= 11 is 0. The number of carboxylic acid groups (broad SMARTS) is 1. The van der Waals surface area contributed by atoms with Crippen LogP contribution in [-0.4, -0.2) is 41.3 Å². The maximum absolute atomic E-state index is 13.8. The highest BCUT2D eigenvalue weighted by Crippen LogP contribution is 2.39. The number of piperidine rings is 1. The molecule has 0 radical (unpaired) electrons. The molecule has 1 fully saturated rings. The Labute approximate surface area is 170 Å². The molecule has 0 amide bonds. The Morgan fingerprint density at radius 3 is 2.40 bits per heavy atom. The van der Waals surface area contributed by atoms with Gasteiger partial charge in [0.2, 0.25) is 0 Å². The zero-order valence-corrected chi connectivity index (χ0v) is 16.1. The lowest BCUT2D eigenvalue weighted by molar-refractivity contribution is -0.146. The van der Waals surface area contributed by atoms with Gasteiger partial charge in [-0.2, -0.15) is 13.2 Å². The first-order chi connectivity index (χ1) is 14.0. The summed E-state index contributed by atoms with van der Waals surface area (Å²) in [6, 6.07) is 6.87. The van der Waals surface area contributed by atoms with Crippen LogP contribution in [0.1, 0.15) is 35.6 Å². The van der Waals surface area contributed by atoms with Crippen LogP contribution in [0.25, 0.3) is 0 Å². The molecule has 30 heavy (non-hydrogen) atoms. The van der Waals surface area contributed by atoms with Crippen LogP contribution in [0.5, 0.6) is 5.75 Å². The van der Waals surface area contributed by atoms with Crippen LogP contribution < -0.4 is 4.74 Å². The molecule has 1 heterocycles. The zero-order valence-electron chi connectivity index (χ0n) is 16.1. The highest BCUT2D eigenvalue weighted by Gasteiger charge is 2.40. The van der Waals surface area contributed by atoms with Crippen LogP contribution >= 0.6 is 0 Å². The number of carbonyl (C=O) groups is 1. The largest absolute Gasteiger partial charge is 0.496 e. The number of aliphatic hydroxyl groups is 1. The number of alkyl halides is 3. The number of nitrogens with zero attached hydrogens (tertiary/aromatic N) is 1. The lowest BCUT2D eigenvalue weighted by Crippen LogP contribution is -2.46. The summed E-state index contributed by atoms with van der Waals surface area (Å²) < 4.78 is 58.0. The fourth-order valence-electron chi connectivity index (χ4n) is 3.83. The molecule has 5 nitrogen and oxygen atoms in total. The number of ether oxygens (including phenoxy) is 1. The number of hydrogen-bond acceptors (Lipinski definition) is 4. The molecule has 0 saturated carbocycles. The number of hydrogen-bond donors (Lipinski definition) is 2. The monoisotopic (exact) mass is 427 g/mol. The first-order valence-electron chi connectivity index (χ1n) is 9.25. The molecule has 1 atom stereocenters. The SMILES string of the molecule is COc1ccc(F)cc1C(C(=O)O)N1CCC(O)(c2cccc(C(F)(F)F)c2)CC1. The fourth-order valence-corrected chi connectivity index (χ4v) is 3.83. The minimum Gasteiger partial charge on any atom is -0.496 e. The molecule has 162 valence electrons. The second-order valence-corrected chi connectivity index (χ2v) is 7.27. The highest BCUT2D eigenvalue weighted by atomic mass is 19.4. The zero-order chi connectivity index (χ0) is 22.1. The Balaban J connectivity index is 1.84. The standard InChI is InChI=1S/C21H21F4NO4/c1-30-17-6-5-15(22)12-16(17)18(19(27)28)26-9-7-20(29,8-10-26)13-3-2-4-14(11-13)21(23,24)25/h2-6,11-12,18,29H,7-10H2,1H3,(H,27,28). The maximum atomic E-state index is 13.8. The van der Waals surface area contributed by atoms with Gasteiger partial charge >= 0.3 is 12.1 Å². The van der Waals surface area contributed by atoms with Crippen molar-refractivity contribution in [3.8, 4) is 5.75 Å². The summed E-state index contributed by atoms with van der Waals surface area (Å²) in [5.74, 6) is -1.62. The van der Waals surface area contributed by atoms with Crippen molar-refractivity contribution in [2.24, 2.45) is 0 Å². The van der Waals surface area contributed by atoms with E-state index >= 15 is 0 Å². The number of carboxylic acids is 1. The predicted octanol–water partition coefficient (Wildman–Crippen LogP) is 3.96. The quantitative estimate of drug-likeness (QED) is 0.707. The normalized spacial score (nSPS) is 18.1. The van der Waals surface area contributed by atoms with E-state index in [1.54, 1.807) is 4.90 Å². The van der Waals surface area contributed by atoms with Crippen molar-refractivity contribution in [1.82, 2.24) is 4.90 Å². The van der Waals surface area contributed by atoms with Gasteiger partial charge in [-0.1, -0.05) is 12.1 Å². The van der Waals surface area contributed by atoms with Crippen LogP contribution in [0.3, 0.4) is 0 Å². The minimum absolute atomic E-state index is 0.0235. The lowest BCUT2D eigenvalue weighted by atomic mass is 9.83. The summed E-state index contributed by atoms with van der Waals surface area (Å²) in [4.78, 5) is 13.5. The maximum Gasteiger partial charge on any atom is 0.416 e. The van der Waals surface area contributed by atoms with Gasteiger partial charge in [-0.15, -0.1) is 0 Å². The number of likely N-dealkylation sites (tertiary alicyclic amines) is 1. The minimum atomic E-state index is -4.53. The summed E-state index contributed by atoms with van der Waals surface area (Å²) in [6.07, 6.45) is -4.49. The molecule has 1 saturated heterocycles. The van der Waals surface area contributed by atoms with E-state index in [2.05, 4.69) is 0 Å². The van der Waals surface area contributed by atoms with Gasteiger partial charge in [0.15, 0.2) is 0 Å². The molecule has 1 unspecified atom stereocenters. The Morgan fingerprint density at radius 2 is 1.83 bits per heavy atom. The molecule has 0 bridgehead atoms. The molecule has 2 aromatic carbocycles. The van der Waals surface area contributed by atoms with Gasteiger partial charge in [-0.05, 0) is 48.7 Å². The van der Waals surface area contributed by atoms with Crippen molar-refractivity contribution < 1.29 is 37.3 Å². The van der Waals surface area contributed by atoms with Crippen LogP contribution in [0.2, 0.25) is 0 Å². The molecule has 0 aliphatic carbocycles. The Bertz CT molecular complexity index is 923. The van der Waals surface area contributed by atoms with Crippen molar-refractivity contribution >= 4 is 5.97 Å². The van der Waals surface area contributed by atoms with Gasteiger partial charge in [-0.25, -0.2) is 4.39 Å². The predicted molar refractivity (Wildman–Crippen MR) is 99.5 cm³/mol. The van der Waals surface area contributed by atoms with Gasteiger partial charge < -0.3 is 14.9 Å². The number of benzene rings is 2. The molecule has 0 spiro atoms. The molecule has 2 aromatic rings. The number of rotatable bonds is 5. The van der Waals surface area contributed by atoms with Crippen molar-refractivity contribution in [2.75, 3.05) is 20.2 Å². The Morgan fingerprint density at radius 1 is 1.17 bits per heavy atom. The van der Waals surface area contributed by atoms with E-state index in [9.17, 15) is 32.6 Å². The number of halogens is 4. The second-order valence-electron chi connectivity index (χ2n) is 7.27. The summed E-state index contributed by atoms with van der Waals surface area (Å²) in [7, 11) is 1.35. The number of methoxy groups -OCH3 is 1. The molecule has 1 aliphatic heterocycles. The molecular formula is C21H21F4NO4. The topological polar surface area (TPSA) is 70.0 Å². The van der Waals surface area contributed by atoms with E-state index in [-0.39, 0.29) is 42.8 Å². The molecule has 0 aromatic heterocycles. The molecule has 3 rings (SSSR count). The third-order valence-electron chi connectivity index (χ3n) is 5.44. The highest BCUT2D eigenvalue weighted by molar-refractivity contribution is 5.76. The van der Waals surface area contributed by atoms with Gasteiger partial charge in [0.25, 0.3) is 0 Å². The Hall–Kier alpha value is -2.65. The summed E-state index contributed by atoms with van der Waals surface area (Å²) in [5, 5.41) is 20.7. The van der Waals surface area contributed by atoms with E-state index < -0.39 is 35.2 Å². The van der Waals surface area contributed by atoms with Crippen LogP contribution in [0.4, 0.5) is 17.6 Å². The smallest absolute Gasteiger partial charge is 0.416 e. The van der Waals surface area contributed by atoms with Crippen LogP contribution in [0, 0.1) is 5.82 Å². The van der Waals surface area contributed by atoms with E-state index in [4.69, 9.17) is 4.74 Å². The third kappa shape index (κ3) is 4.41. The molecule has 9 heteroatoms. The molecular weight excluding hydrogens is 406 g/mol. The van der Waals surface area contributed by atoms with Crippen LogP contribution in [-0.2, 0) is 16.6 Å². The average Bonchev–Trinajstić information content (AvgIpc) is 2.69. The van der Waals surface area contributed by atoms with Crippen molar-refractivity contribution in [2.45, 2.75) is 30.7 Å². The first-order valence-corrected chi connectivity index (χ1v) is 9.25. The molecule has 1 aliphatic rings. The third-order valence-corrected chi connectivity index (χ3v) is 5.44. The summed E-state index contributed by atoms with van der Waals surface area (Å²) in [6.45, 7) is 0.173. The van der Waals surface area contributed by atoms with E-state index in [1.807, 2.05) is 0 Å². The fraction of sp³-hybridized carbons (Fsp3) is 0.381. The van der Waals surface area contributed by atoms with Crippen molar-refractivity contribution in [1.29, 1.82) is 0 Å². The van der Waals surface area contributed by atoms with E-state index in [1.165, 1.54) is 25.3 Å². The molecule has 2 N–H and O–H groups in total. The number of aliphatic carboxylic acids is 1. The van der Waals surface area contributed by atoms with Gasteiger partial charge in [0.1, 0.15) is 17.6 Å². The summed E-state index contributed by atoms with van der Waals surface area (Å²) in [5.41, 5.74) is -2.11. The lowest BCUT2D eigenvalue weighted by Gasteiger charge is -2.41. The van der Waals surface area contributed by atoms with Crippen molar-refractivity contribution in [3.05, 3.63) is 65.0 Å². The van der Waals surface area contributed by atoms with E-state index in [0.717, 1.165) is 24.3 Å². The first kappa shape index (κ1) is 22.0. The van der Waals surface area contributed by atoms with Crippen LogP contribution in [0.15, 0.2) is 42.5 Å². The second kappa shape index (κ2) is 8.23. The average molecular weight is 427 g/mol. The van der Waals surface area contributed by atoms with E-state index in [0.29, 0.717) is 0 Å². The van der Waals surface area contributed by atoms with Crippen molar-refractivity contribution in [3.63, 3.8) is 0 Å².